The molecule has 0 unspecified atom stereocenters. The second kappa shape index (κ2) is 6.53. The third-order valence-corrected chi connectivity index (χ3v) is 3.29. The Balaban J connectivity index is 3.59. The molecule has 0 aliphatic heterocycles. The van der Waals surface area contributed by atoms with E-state index in [1.807, 2.05) is 0 Å². The van der Waals surface area contributed by atoms with Crippen LogP contribution in [0, 0.1) is 10.1 Å². The molecule has 0 amide bonds. The summed E-state index contributed by atoms with van der Waals surface area (Å²) in [4.78, 5) is 23.7. The number of likely N-dealkylation sites (N-methyl/N-ethyl adjacent to an activating group) is 1. The van der Waals surface area contributed by atoms with Crippen LogP contribution >= 0.6 is 15.9 Å². The summed E-state index contributed by atoms with van der Waals surface area (Å²) in [5, 5.41) is 20.0. The normalized spacial score (nSPS) is 10.2. The molecule has 0 aliphatic rings. The predicted molar refractivity (Wildman–Crippen MR) is 76.9 cm³/mol. The first kappa shape index (κ1) is 16.2. The highest BCUT2D eigenvalue weighted by molar-refractivity contribution is 9.10. The number of benzene rings is 1. The number of aliphatic hydroxyl groups excluding tert-OH is 1. The fourth-order valence-corrected chi connectivity index (χ4v) is 2.29. The van der Waals surface area contributed by atoms with Gasteiger partial charge in [0.15, 0.2) is 0 Å². The number of nitrogens with two attached hydrogens (primary N) is 1. The highest BCUT2D eigenvalue weighted by atomic mass is 79.9. The van der Waals surface area contributed by atoms with Crippen molar-refractivity contribution in [2.75, 3.05) is 37.9 Å². The van der Waals surface area contributed by atoms with Gasteiger partial charge in [-0.2, -0.15) is 0 Å². The fraction of sp³-hybridized carbons (Fsp3) is 0.364. The van der Waals surface area contributed by atoms with Crippen LogP contribution < -0.4 is 10.6 Å². The minimum absolute atomic E-state index is 0.0987. The third-order valence-electron chi connectivity index (χ3n) is 2.69. The molecule has 110 valence electrons. The lowest BCUT2D eigenvalue weighted by molar-refractivity contribution is -0.384. The topological polar surface area (TPSA) is 119 Å². The van der Waals surface area contributed by atoms with E-state index in [-0.39, 0.29) is 28.9 Å². The van der Waals surface area contributed by atoms with Crippen LogP contribution in [0.4, 0.5) is 17.1 Å². The summed E-state index contributed by atoms with van der Waals surface area (Å²) in [6, 6.07) is 1.40. The molecule has 8 nitrogen and oxygen atoms in total. The minimum atomic E-state index is -0.780. The summed E-state index contributed by atoms with van der Waals surface area (Å²) >= 11 is 3.06. The van der Waals surface area contributed by atoms with Crippen LogP contribution in [0.25, 0.3) is 0 Å². The van der Waals surface area contributed by atoms with Gasteiger partial charge < -0.3 is 20.5 Å². The van der Waals surface area contributed by atoms with Crippen LogP contribution in [0.1, 0.15) is 10.4 Å². The van der Waals surface area contributed by atoms with Gasteiger partial charge in [0.25, 0.3) is 0 Å². The Kier molecular flexibility index (Phi) is 5.28. The summed E-state index contributed by atoms with van der Waals surface area (Å²) in [6.45, 7) is 0.0826. The minimum Gasteiger partial charge on any atom is -0.465 e. The Labute approximate surface area is 123 Å². The summed E-state index contributed by atoms with van der Waals surface area (Å²) in [6.07, 6.45) is 0. The van der Waals surface area contributed by atoms with Crippen molar-refractivity contribution >= 4 is 39.0 Å². The van der Waals surface area contributed by atoms with Gasteiger partial charge in [0.1, 0.15) is 11.3 Å². The van der Waals surface area contributed by atoms with Gasteiger partial charge in [-0.15, -0.1) is 0 Å². The molecule has 0 spiro atoms. The molecule has 20 heavy (non-hydrogen) atoms. The molecule has 0 aliphatic carbocycles. The van der Waals surface area contributed by atoms with Gasteiger partial charge in [0.05, 0.1) is 28.8 Å². The standard InChI is InChI=1S/C11H14BrN3O5/c1-14(3-4-16)7-5-6(12)10(15(18)19)9(13)8(7)11(17)20-2/h5,16H,3-4,13H2,1-2H3. The SMILES string of the molecule is COC(=O)c1c(N(C)CCO)cc(Br)c([N+](=O)[O-])c1N. The molecule has 0 saturated carbocycles. The van der Waals surface area contributed by atoms with Crippen molar-refractivity contribution in [1.82, 2.24) is 0 Å². The van der Waals surface area contributed by atoms with Crippen molar-refractivity contribution in [1.29, 1.82) is 0 Å². The Morgan fingerprint density at radius 1 is 1.65 bits per heavy atom. The van der Waals surface area contributed by atoms with E-state index in [1.165, 1.54) is 6.07 Å². The molecule has 1 aromatic rings. The number of rotatable bonds is 5. The number of nitrogens with zero attached hydrogens (tertiary/aromatic N) is 2. The highest BCUT2D eigenvalue weighted by Crippen LogP contribution is 2.39. The molecule has 0 radical (unpaired) electrons. The molecule has 0 heterocycles. The van der Waals surface area contributed by atoms with Gasteiger partial charge in [0.2, 0.25) is 0 Å². The molecule has 0 aromatic heterocycles. The van der Waals surface area contributed by atoms with Crippen molar-refractivity contribution in [2.24, 2.45) is 0 Å². The van der Waals surface area contributed by atoms with E-state index >= 15 is 0 Å². The van der Waals surface area contributed by atoms with Gasteiger partial charge >= 0.3 is 11.7 Å². The molecule has 1 rings (SSSR count). The zero-order valence-electron chi connectivity index (χ0n) is 10.9. The number of methoxy groups -OCH3 is 1. The van der Waals surface area contributed by atoms with E-state index < -0.39 is 16.6 Å². The van der Waals surface area contributed by atoms with Crippen molar-refractivity contribution in [3.05, 3.63) is 26.2 Å². The van der Waals surface area contributed by atoms with E-state index in [9.17, 15) is 14.9 Å². The first-order valence-corrected chi connectivity index (χ1v) is 6.31. The van der Waals surface area contributed by atoms with Crippen LogP contribution in [-0.2, 0) is 4.74 Å². The molecule has 0 bridgehead atoms. The van der Waals surface area contributed by atoms with Crippen molar-refractivity contribution in [3.63, 3.8) is 0 Å². The van der Waals surface area contributed by atoms with E-state index in [0.717, 1.165) is 7.11 Å². The van der Waals surface area contributed by atoms with Crippen LogP contribution in [0.15, 0.2) is 10.5 Å². The van der Waals surface area contributed by atoms with Crippen LogP contribution in [0.3, 0.4) is 0 Å². The molecule has 0 fully saturated rings. The summed E-state index contributed by atoms with van der Waals surface area (Å²) < 4.78 is 4.76. The van der Waals surface area contributed by atoms with Gasteiger partial charge in [0, 0.05) is 13.6 Å². The molecular weight excluding hydrogens is 334 g/mol. The molecule has 1 aromatic carbocycles. The van der Waals surface area contributed by atoms with Crippen molar-refractivity contribution in [2.45, 2.75) is 0 Å². The maximum absolute atomic E-state index is 11.8. The van der Waals surface area contributed by atoms with Crippen molar-refractivity contribution < 1.29 is 19.6 Å². The number of carbonyl (C=O) groups is 1. The summed E-state index contributed by atoms with van der Waals surface area (Å²) in [5.41, 5.74) is 5.29. The average Bonchev–Trinajstić information content (AvgIpc) is 2.37. The number of hydrogen-bond donors (Lipinski definition) is 2. The highest BCUT2D eigenvalue weighted by Gasteiger charge is 2.28. The maximum Gasteiger partial charge on any atom is 0.342 e. The number of nitrogen functional groups attached to an aromatic ring is 1. The number of ether oxygens (including phenoxy) is 1. The Morgan fingerprint density at radius 3 is 2.70 bits per heavy atom. The molecule has 9 heteroatoms. The van der Waals surface area contributed by atoms with E-state index in [2.05, 4.69) is 20.7 Å². The van der Waals surface area contributed by atoms with Gasteiger partial charge in [-0.25, -0.2) is 4.79 Å². The number of carbonyl (C=O) groups excluding carboxylic acids is 1. The van der Waals surface area contributed by atoms with Crippen LogP contribution in [0.2, 0.25) is 0 Å². The summed E-state index contributed by atoms with van der Waals surface area (Å²) in [7, 11) is 2.78. The Morgan fingerprint density at radius 2 is 2.25 bits per heavy atom. The van der Waals surface area contributed by atoms with E-state index in [1.54, 1.807) is 11.9 Å². The number of aliphatic hydroxyl groups is 1. The molecule has 3 N–H and O–H groups in total. The number of halogens is 1. The first-order valence-electron chi connectivity index (χ1n) is 5.51. The zero-order chi connectivity index (χ0) is 15.4. The largest absolute Gasteiger partial charge is 0.465 e. The first-order chi connectivity index (χ1) is 9.34. The van der Waals surface area contributed by atoms with Crippen LogP contribution in [-0.4, -0.2) is 43.3 Å². The zero-order valence-corrected chi connectivity index (χ0v) is 12.5. The third kappa shape index (κ3) is 2.99. The molecular formula is C11H14BrN3O5. The van der Waals surface area contributed by atoms with Gasteiger partial charge in [-0.05, 0) is 22.0 Å². The quantitative estimate of drug-likeness (QED) is 0.355. The Bertz CT molecular complexity index is 549. The number of anilines is 2. The van der Waals surface area contributed by atoms with E-state index in [4.69, 9.17) is 10.8 Å². The lowest BCUT2D eigenvalue weighted by Gasteiger charge is -2.22. The summed E-state index contributed by atoms with van der Waals surface area (Å²) in [5.74, 6) is -0.780. The molecule has 0 atom stereocenters. The second-order valence-corrected chi connectivity index (χ2v) is 4.76. The van der Waals surface area contributed by atoms with Crippen molar-refractivity contribution in [3.8, 4) is 0 Å². The predicted octanol–water partition coefficient (Wildman–Crippen LogP) is 1.15. The number of nitro groups is 1. The lowest BCUT2D eigenvalue weighted by Crippen LogP contribution is -2.24. The monoisotopic (exact) mass is 347 g/mol. The number of hydrogen-bond acceptors (Lipinski definition) is 7. The average molecular weight is 348 g/mol. The van der Waals surface area contributed by atoms with Gasteiger partial charge in [-0.3, -0.25) is 10.1 Å². The van der Waals surface area contributed by atoms with Gasteiger partial charge in [-0.1, -0.05) is 0 Å². The number of nitro benzene ring substituents is 1. The molecule has 0 saturated heterocycles. The number of esters is 1. The van der Waals surface area contributed by atoms with Crippen LogP contribution in [0.5, 0.6) is 0 Å². The van der Waals surface area contributed by atoms with E-state index in [0.29, 0.717) is 5.69 Å². The smallest absolute Gasteiger partial charge is 0.342 e. The Hall–Kier alpha value is -1.87. The second-order valence-electron chi connectivity index (χ2n) is 3.91. The maximum atomic E-state index is 11.8. The fourth-order valence-electron chi connectivity index (χ4n) is 1.72. The lowest BCUT2D eigenvalue weighted by atomic mass is 10.1.